The molecule has 31 heavy (non-hydrogen) atoms. The van der Waals surface area contributed by atoms with Crippen LogP contribution in [0.2, 0.25) is 0 Å². The summed E-state index contributed by atoms with van der Waals surface area (Å²) in [6.07, 6.45) is -0.113. The number of halogens is 3. The number of carbonyl (C=O) groups excluding carboxylic acids is 2. The molecule has 1 aromatic carbocycles. The Kier molecular flexibility index (Phi) is 5.40. The largest absolute Gasteiger partial charge is 0.416 e. The summed E-state index contributed by atoms with van der Waals surface area (Å²) < 4.78 is 39.5. The van der Waals surface area contributed by atoms with E-state index in [1.54, 1.807) is 17.0 Å². The lowest BCUT2D eigenvalue weighted by Gasteiger charge is -2.34. The normalized spacial score (nSPS) is 14.5. The Bertz CT molecular complexity index is 1060. The minimum atomic E-state index is -4.45. The zero-order chi connectivity index (χ0) is 22.0. The van der Waals surface area contributed by atoms with Crippen molar-refractivity contribution in [3.8, 4) is 5.82 Å². The Morgan fingerprint density at radius 1 is 0.839 bits per heavy atom. The Hall–Kier alpha value is -3.76. The summed E-state index contributed by atoms with van der Waals surface area (Å²) in [5, 5.41) is 3.97. The van der Waals surface area contributed by atoms with Gasteiger partial charge >= 0.3 is 6.18 Å². The first kappa shape index (κ1) is 20.5. The van der Waals surface area contributed by atoms with Gasteiger partial charge in [-0.3, -0.25) is 9.59 Å². The van der Waals surface area contributed by atoms with Crippen LogP contribution in [-0.4, -0.2) is 67.5 Å². The van der Waals surface area contributed by atoms with Gasteiger partial charge < -0.3 is 9.80 Å². The van der Waals surface area contributed by atoms with Crippen molar-refractivity contribution in [1.29, 1.82) is 0 Å². The maximum atomic E-state index is 12.7. The molecule has 3 heterocycles. The van der Waals surface area contributed by atoms with Gasteiger partial charge in [-0.05, 0) is 36.4 Å². The standard InChI is InChI=1S/C20H17F3N6O2/c21-20(22,23)16-4-1-14(2-5-16)18(30)27-7-9-28(10-8-27)19(31)15-3-6-17(25-11-15)29-13-24-12-26-29/h1-6,11-13H,7-10H2. The highest BCUT2D eigenvalue weighted by Crippen LogP contribution is 2.29. The smallest absolute Gasteiger partial charge is 0.335 e. The first-order valence-corrected chi connectivity index (χ1v) is 9.40. The molecule has 0 unspecified atom stereocenters. The average Bonchev–Trinajstić information content (AvgIpc) is 3.33. The van der Waals surface area contributed by atoms with Crippen molar-refractivity contribution in [2.75, 3.05) is 26.2 Å². The SMILES string of the molecule is O=C(c1ccc(C(F)(F)F)cc1)N1CCN(C(=O)c2ccc(-n3cncn3)nc2)CC1. The summed E-state index contributed by atoms with van der Waals surface area (Å²) >= 11 is 0. The molecule has 160 valence electrons. The number of alkyl halides is 3. The summed E-state index contributed by atoms with van der Waals surface area (Å²) in [7, 11) is 0. The third-order valence-electron chi connectivity index (χ3n) is 4.96. The molecular formula is C20H17F3N6O2. The number of aromatic nitrogens is 4. The van der Waals surface area contributed by atoms with Crippen LogP contribution in [0, 0.1) is 0 Å². The maximum absolute atomic E-state index is 12.7. The highest BCUT2D eigenvalue weighted by molar-refractivity contribution is 5.96. The highest BCUT2D eigenvalue weighted by atomic mass is 19.4. The van der Waals surface area contributed by atoms with Crippen LogP contribution in [-0.2, 0) is 6.18 Å². The second kappa shape index (κ2) is 8.17. The monoisotopic (exact) mass is 430 g/mol. The van der Waals surface area contributed by atoms with E-state index in [1.807, 2.05) is 0 Å². The Balaban J connectivity index is 1.35. The molecule has 4 rings (SSSR count). The molecule has 0 atom stereocenters. The summed E-state index contributed by atoms with van der Waals surface area (Å²) in [5.41, 5.74) is -0.213. The van der Waals surface area contributed by atoms with Crippen molar-refractivity contribution < 1.29 is 22.8 Å². The van der Waals surface area contributed by atoms with Crippen LogP contribution >= 0.6 is 0 Å². The number of rotatable bonds is 3. The Morgan fingerprint density at radius 3 is 1.90 bits per heavy atom. The van der Waals surface area contributed by atoms with Gasteiger partial charge in [-0.1, -0.05) is 0 Å². The van der Waals surface area contributed by atoms with Crippen molar-refractivity contribution in [2.45, 2.75) is 6.18 Å². The van der Waals surface area contributed by atoms with E-state index in [0.717, 1.165) is 12.1 Å². The number of amides is 2. The first-order valence-electron chi connectivity index (χ1n) is 9.40. The lowest BCUT2D eigenvalue weighted by Crippen LogP contribution is -2.50. The predicted molar refractivity (Wildman–Crippen MR) is 102 cm³/mol. The minimum Gasteiger partial charge on any atom is -0.335 e. The molecule has 0 spiro atoms. The first-order chi connectivity index (χ1) is 14.8. The predicted octanol–water partition coefficient (Wildman–Crippen LogP) is 2.28. The lowest BCUT2D eigenvalue weighted by atomic mass is 10.1. The van der Waals surface area contributed by atoms with Gasteiger partial charge in [-0.15, -0.1) is 0 Å². The quantitative estimate of drug-likeness (QED) is 0.637. The number of piperazine rings is 1. The molecule has 8 nitrogen and oxygen atoms in total. The second-order valence-corrected chi connectivity index (χ2v) is 6.90. The van der Waals surface area contributed by atoms with E-state index in [0.29, 0.717) is 24.5 Å². The molecule has 1 fully saturated rings. The van der Waals surface area contributed by atoms with Crippen molar-refractivity contribution in [3.63, 3.8) is 0 Å². The van der Waals surface area contributed by atoms with Gasteiger partial charge in [-0.25, -0.2) is 14.6 Å². The van der Waals surface area contributed by atoms with Crippen LogP contribution in [0.25, 0.3) is 5.82 Å². The number of hydrogen-bond donors (Lipinski definition) is 0. The number of benzene rings is 1. The Labute approximate surface area is 174 Å². The summed E-state index contributed by atoms with van der Waals surface area (Å²) in [6, 6.07) is 7.43. The highest BCUT2D eigenvalue weighted by Gasteiger charge is 2.31. The van der Waals surface area contributed by atoms with E-state index in [9.17, 15) is 22.8 Å². The van der Waals surface area contributed by atoms with Gasteiger partial charge in [0.05, 0.1) is 11.1 Å². The van der Waals surface area contributed by atoms with Gasteiger partial charge in [0.25, 0.3) is 11.8 Å². The molecule has 2 amide bonds. The molecule has 2 aromatic heterocycles. The molecule has 1 aliphatic heterocycles. The Morgan fingerprint density at radius 2 is 1.42 bits per heavy atom. The third-order valence-corrected chi connectivity index (χ3v) is 4.96. The van der Waals surface area contributed by atoms with Crippen LogP contribution in [0.4, 0.5) is 13.2 Å². The van der Waals surface area contributed by atoms with Crippen LogP contribution in [0.1, 0.15) is 26.3 Å². The molecule has 1 saturated heterocycles. The van der Waals surface area contributed by atoms with Gasteiger partial charge in [0.1, 0.15) is 12.7 Å². The molecule has 0 bridgehead atoms. The fourth-order valence-corrected chi connectivity index (χ4v) is 3.25. The summed E-state index contributed by atoms with van der Waals surface area (Å²) in [6.45, 7) is 1.21. The van der Waals surface area contributed by atoms with E-state index in [4.69, 9.17) is 0 Å². The van der Waals surface area contributed by atoms with E-state index in [-0.39, 0.29) is 30.5 Å². The topological polar surface area (TPSA) is 84.2 Å². The number of pyridine rings is 1. The fraction of sp³-hybridized carbons (Fsp3) is 0.250. The maximum Gasteiger partial charge on any atom is 0.416 e. The average molecular weight is 430 g/mol. The second-order valence-electron chi connectivity index (χ2n) is 6.90. The third kappa shape index (κ3) is 4.39. The van der Waals surface area contributed by atoms with Crippen LogP contribution in [0.3, 0.4) is 0 Å². The fourth-order valence-electron chi connectivity index (χ4n) is 3.25. The summed E-state index contributed by atoms with van der Waals surface area (Å²) in [5.74, 6) is -0.0417. The zero-order valence-corrected chi connectivity index (χ0v) is 16.2. The zero-order valence-electron chi connectivity index (χ0n) is 16.2. The van der Waals surface area contributed by atoms with Crippen LogP contribution < -0.4 is 0 Å². The van der Waals surface area contributed by atoms with Crippen LogP contribution in [0.15, 0.2) is 55.2 Å². The molecule has 0 aliphatic carbocycles. The van der Waals surface area contributed by atoms with Crippen molar-refractivity contribution in [3.05, 3.63) is 71.9 Å². The molecule has 0 radical (unpaired) electrons. The number of hydrogen-bond acceptors (Lipinski definition) is 5. The molecule has 0 N–H and O–H groups in total. The molecular weight excluding hydrogens is 413 g/mol. The van der Waals surface area contributed by atoms with Gasteiger partial charge in [0, 0.05) is 37.9 Å². The van der Waals surface area contributed by atoms with Gasteiger partial charge in [0.2, 0.25) is 0 Å². The number of carbonyl (C=O) groups is 2. The van der Waals surface area contributed by atoms with Crippen molar-refractivity contribution in [1.82, 2.24) is 29.5 Å². The molecule has 3 aromatic rings. The number of nitrogens with zero attached hydrogens (tertiary/aromatic N) is 6. The van der Waals surface area contributed by atoms with E-state index in [2.05, 4.69) is 15.1 Å². The minimum absolute atomic E-state index is 0.181. The van der Waals surface area contributed by atoms with Gasteiger partial charge in [-0.2, -0.15) is 18.3 Å². The van der Waals surface area contributed by atoms with E-state index in [1.165, 1.54) is 40.6 Å². The van der Waals surface area contributed by atoms with Crippen LogP contribution in [0.5, 0.6) is 0 Å². The van der Waals surface area contributed by atoms with Crippen molar-refractivity contribution >= 4 is 11.8 Å². The molecule has 0 saturated carbocycles. The van der Waals surface area contributed by atoms with Crippen molar-refractivity contribution in [2.24, 2.45) is 0 Å². The summed E-state index contributed by atoms with van der Waals surface area (Å²) in [4.78, 5) is 36.5. The van der Waals surface area contributed by atoms with E-state index >= 15 is 0 Å². The van der Waals surface area contributed by atoms with Gasteiger partial charge in [0.15, 0.2) is 5.82 Å². The molecule has 11 heteroatoms. The van der Waals surface area contributed by atoms with E-state index < -0.39 is 11.7 Å². The molecule has 1 aliphatic rings. The lowest BCUT2D eigenvalue weighted by molar-refractivity contribution is -0.137.